The van der Waals surface area contributed by atoms with Crippen LogP contribution in [0.3, 0.4) is 0 Å². The van der Waals surface area contributed by atoms with Gasteiger partial charge in [0.2, 0.25) is 0 Å². The molecule has 3 heteroatoms. The maximum Gasteiger partial charge on any atom is 0.291 e. The first-order chi connectivity index (χ1) is 8.88. The number of aryl methyl sites for hydroxylation is 1. The van der Waals surface area contributed by atoms with Crippen LogP contribution >= 0.6 is 0 Å². The van der Waals surface area contributed by atoms with Crippen molar-refractivity contribution < 1.29 is 9.21 Å². The molecule has 1 amide bonds. The van der Waals surface area contributed by atoms with Crippen molar-refractivity contribution in [1.29, 1.82) is 0 Å². The van der Waals surface area contributed by atoms with E-state index in [9.17, 15) is 4.79 Å². The summed E-state index contributed by atoms with van der Waals surface area (Å²) >= 11 is 0. The maximum atomic E-state index is 12.1. The molecule has 19 heavy (non-hydrogen) atoms. The van der Waals surface area contributed by atoms with Crippen molar-refractivity contribution in [3.8, 4) is 0 Å². The van der Waals surface area contributed by atoms with Crippen molar-refractivity contribution in [3.05, 3.63) is 53.5 Å². The third kappa shape index (κ3) is 3.05. The summed E-state index contributed by atoms with van der Waals surface area (Å²) in [7, 11) is 0. The van der Waals surface area contributed by atoms with Crippen LogP contribution in [-0.2, 0) is 5.41 Å². The van der Waals surface area contributed by atoms with Gasteiger partial charge < -0.3 is 9.73 Å². The van der Waals surface area contributed by atoms with Gasteiger partial charge in [0, 0.05) is 5.69 Å². The minimum atomic E-state index is -0.218. The molecule has 0 aliphatic carbocycles. The molecular weight excluding hydrogens is 238 g/mol. The average molecular weight is 257 g/mol. The van der Waals surface area contributed by atoms with E-state index >= 15 is 0 Å². The van der Waals surface area contributed by atoms with Gasteiger partial charge in [-0.15, -0.1) is 0 Å². The first-order valence-corrected chi connectivity index (χ1v) is 6.35. The van der Waals surface area contributed by atoms with Crippen molar-refractivity contribution in [2.75, 3.05) is 5.32 Å². The molecule has 2 aromatic rings. The summed E-state index contributed by atoms with van der Waals surface area (Å²) in [6.07, 6.45) is 0. The SMILES string of the molecule is Cc1ccc(C(=O)Nc2ccccc2C(C)(C)C)o1. The lowest BCUT2D eigenvalue weighted by atomic mass is 9.86. The van der Waals surface area contributed by atoms with Gasteiger partial charge >= 0.3 is 0 Å². The third-order valence-electron chi connectivity index (χ3n) is 2.95. The summed E-state index contributed by atoms with van der Waals surface area (Å²) in [6, 6.07) is 11.3. The number of hydrogen-bond acceptors (Lipinski definition) is 2. The van der Waals surface area contributed by atoms with Crippen LogP contribution in [0.15, 0.2) is 40.8 Å². The molecule has 1 aromatic carbocycles. The Morgan fingerprint density at radius 1 is 1.11 bits per heavy atom. The van der Waals surface area contributed by atoms with Crippen LogP contribution in [0.1, 0.15) is 42.6 Å². The molecule has 3 nitrogen and oxygen atoms in total. The van der Waals surface area contributed by atoms with Gasteiger partial charge in [-0.1, -0.05) is 39.0 Å². The second kappa shape index (κ2) is 4.92. The summed E-state index contributed by atoms with van der Waals surface area (Å²) in [5.41, 5.74) is 1.91. The highest BCUT2D eigenvalue weighted by Gasteiger charge is 2.19. The molecule has 0 radical (unpaired) electrons. The normalized spacial score (nSPS) is 11.4. The number of para-hydroxylation sites is 1. The van der Waals surface area contributed by atoms with Gasteiger partial charge in [0.25, 0.3) is 5.91 Å². The fraction of sp³-hybridized carbons (Fsp3) is 0.312. The molecule has 0 aliphatic rings. The first-order valence-electron chi connectivity index (χ1n) is 6.35. The summed E-state index contributed by atoms with van der Waals surface area (Å²) in [6.45, 7) is 8.18. The molecular formula is C16H19NO2. The highest BCUT2D eigenvalue weighted by atomic mass is 16.3. The number of furan rings is 1. The van der Waals surface area contributed by atoms with Crippen molar-refractivity contribution in [3.63, 3.8) is 0 Å². The molecule has 0 atom stereocenters. The number of benzene rings is 1. The Bertz CT molecular complexity index is 591. The zero-order valence-electron chi connectivity index (χ0n) is 11.8. The monoisotopic (exact) mass is 257 g/mol. The number of hydrogen-bond donors (Lipinski definition) is 1. The van der Waals surface area contributed by atoms with E-state index < -0.39 is 0 Å². The Labute approximate surface area is 113 Å². The molecule has 0 saturated heterocycles. The predicted molar refractivity (Wildman–Crippen MR) is 76.5 cm³/mol. The number of rotatable bonds is 2. The van der Waals surface area contributed by atoms with Gasteiger partial charge in [-0.05, 0) is 36.1 Å². The first kappa shape index (κ1) is 13.4. The average Bonchev–Trinajstić information content (AvgIpc) is 2.75. The molecule has 0 bridgehead atoms. The Morgan fingerprint density at radius 3 is 2.37 bits per heavy atom. The lowest BCUT2D eigenvalue weighted by molar-refractivity contribution is 0.0995. The molecule has 0 spiro atoms. The molecule has 0 aliphatic heterocycles. The Hall–Kier alpha value is -2.03. The van der Waals surface area contributed by atoms with E-state index in [0.717, 1.165) is 17.0 Å². The van der Waals surface area contributed by atoms with Gasteiger partial charge in [-0.3, -0.25) is 4.79 Å². The summed E-state index contributed by atoms with van der Waals surface area (Å²) in [5.74, 6) is 0.847. The van der Waals surface area contributed by atoms with E-state index in [0.29, 0.717) is 5.76 Å². The fourth-order valence-electron chi connectivity index (χ4n) is 1.99. The van der Waals surface area contributed by atoms with Gasteiger partial charge in [-0.2, -0.15) is 0 Å². The standard InChI is InChI=1S/C16H19NO2/c1-11-9-10-14(19-11)15(18)17-13-8-6-5-7-12(13)16(2,3)4/h5-10H,1-4H3,(H,17,18). The number of carbonyl (C=O) groups excluding carboxylic acids is 1. The summed E-state index contributed by atoms with van der Waals surface area (Å²) in [4.78, 5) is 12.1. The van der Waals surface area contributed by atoms with Gasteiger partial charge in [0.05, 0.1) is 0 Å². The van der Waals surface area contributed by atoms with E-state index in [-0.39, 0.29) is 11.3 Å². The molecule has 0 saturated carbocycles. The summed E-state index contributed by atoms with van der Waals surface area (Å²) < 4.78 is 5.33. The molecule has 2 rings (SSSR count). The highest BCUT2D eigenvalue weighted by molar-refractivity contribution is 6.02. The third-order valence-corrected chi connectivity index (χ3v) is 2.95. The fourth-order valence-corrected chi connectivity index (χ4v) is 1.99. The van der Waals surface area contributed by atoms with Crippen molar-refractivity contribution in [1.82, 2.24) is 0 Å². The summed E-state index contributed by atoms with van der Waals surface area (Å²) in [5, 5.41) is 2.91. The van der Waals surface area contributed by atoms with Gasteiger partial charge in [0.15, 0.2) is 5.76 Å². The largest absolute Gasteiger partial charge is 0.456 e. The van der Waals surface area contributed by atoms with Crippen LogP contribution in [0.4, 0.5) is 5.69 Å². The van der Waals surface area contributed by atoms with Crippen LogP contribution in [0.2, 0.25) is 0 Å². The lowest BCUT2D eigenvalue weighted by Crippen LogP contribution is -2.18. The predicted octanol–water partition coefficient (Wildman–Crippen LogP) is 4.14. The van der Waals surface area contributed by atoms with E-state index in [1.807, 2.05) is 31.2 Å². The quantitative estimate of drug-likeness (QED) is 0.878. The topological polar surface area (TPSA) is 42.2 Å². The zero-order valence-corrected chi connectivity index (χ0v) is 11.8. The number of carbonyl (C=O) groups is 1. The Kier molecular flexibility index (Phi) is 3.47. The van der Waals surface area contributed by atoms with Crippen molar-refractivity contribution in [2.24, 2.45) is 0 Å². The Morgan fingerprint density at radius 2 is 1.79 bits per heavy atom. The smallest absolute Gasteiger partial charge is 0.291 e. The van der Waals surface area contributed by atoms with E-state index in [4.69, 9.17) is 4.42 Å². The molecule has 1 heterocycles. The van der Waals surface area contributed by atoms with Crippen molar-refractivity contribution >= 4 is 11.6 Å². The molecule has 1 aromatic heterocycles. The second-order valence-electron chi connectivity index (χ2n) is 5.66. The van der Waals surface area contributed by atoms with E-state index in [1.165, 1.54) is 0 Å². The lowest BCUT2D eigenvalue weighted by Gasteiger charge is -2.22. The van der Waals surface area contributed by atoms with Crippen molar-refractivity contribution in [2.45, 2.75) is 33.1 Å². The maximum absolute atomic E-state index is 12.1. The molecule has 100 valence electrons. The van der Waals surface area contributed by atoms with Crippen LogP contribution in [0.25, 0.3) is 0 Å². The highest BCUT2D eigenvalue weighted by Crippen LogP contribution is 2.29. The number of amides is 1. The van der Waals surface area contributed by atoms with Gasteiger partial charge in [0.1, 0.15) is 5.76 Å². The van der Waals surface area contributed by atoms with Crippen LogP contribution in [0.5, 0.6) is 0 Å². The second-order valence-corrected chi connectivity index (χ2v) is 5.66. The van der Waals surface area contributed by atoms with E-state index in [1.54, 1.807) is 12.1 Å². The minimum absolute atomic E-state index is 0.0248. The zero-order chi connectivity index (χ0) is 14.0. The molecule has 0 unspecified atom stereocenters. The Balaban J connectivity index is 2.27. The number of nitrogens with one attached hydrogen (secondary N) is 1. The minimum Gasteiger partial charge on any atom is -0.456 e. The molecule has 0 fully saturated rings. The number of anilines is 1. The molecule has 1 N–H and O–H groups in total. The van der Waals surface area contributed by atoms with E-state index in [2.05, 4.69) is 26.1 Å². The van der Waals surface area contributed by atoms with Crippen LogP contribution in [0, 0.1) is 6.92 Å². The van der Waals surface area contributed by atoms with Crippen LogP contribution < -0.4 is 5.32 Å². The van der Waals surface area contributed by atoms with Crippen LogP contribution in [-0.4, -0.2) is 5.91 Å². The van der Waals surface area contributed by atoms with Gasteiger partial charge in [-0.25, -0.2) is 0 Å².